The van der Waals surface area contributed by atoms with E-state index >= 15 is 0 Å². The molecule has 0 aliphatic carbocycles. The molecule has 0 aliphatic rings. The van der Waals surface area contributed by atoms with E-state index in [-0.39, 0.29) is 11.3 Å². The van der Waals surface area contributed by atoms with Gasteiger partial charge in [-0.05, 0) is 39.3 Å². The van der Waals surface area contributed by atoms with E-state index in [9.17, 15) is 8.42 Å². The molecule has 0 saturated heterocycles. The van der Waals surface area contributed by atoms with E-state index in [1.54, 1.807) is 12.1 Å². The fourth-order valence-electron chi connectivity index (χ4n) is 1.48. The largest absolute Gasteiger partial charge is 0.365 e. The summed E-state index contributed by atoms with van der Waals surface area (Å²) in [7, 11) is -3.26. The molecule has 0 aliphatic heterocycles. The SMILES string of the molecule is CCCCS(=O)(=O)Nc1ccc(NC(C)(C)C)nc1. The molecule has 0 bridgehead atoms. The Kier molecular flexibility index (Phi) is 5.17. The van der Waals surface area contributed by atoms with Gasteiger partial charge in [0.15, 0.2) is 0 Å². The zero-order chi connectivity index (χ0) is 14.5. The molecule has 2 N–H and O–H groups in total. The molecule has 1 rings (SSSR count). The van der Waals surface area contributed by atoms with E-state index in [1.807, 2.05) is 27.7 Å². The second-order valence-corrected chi connectivity index (χ2v) is 7.42. The van der Waals surface area contributed by atoms with Crippen LogP contribution in [-0.2, 0) is 10.0 Å². The van der Waals surface area contributed by atoms with Crippen LogP contribution in [0.25, 0.3) is 0 Å². The van der Waals surface area contributed by atoms with Crippen LogP contribution in [0.3, 0.4) is 0 Å². The Bertz CT molecular complexity index is 490. The van der Waals surface area contributed by atoms with Gasteiger partial charge in [0, 0.05) is 5.54 Å². The van der Waals surface area contributed by atoms with Crippen molar-refractivity contribution in [1.82, 2.24) is 4.98 Å². The molecule has 1 heterocycles. The third-order valence-electron chi connectivity index (χ3n) is 2.31. The van der Waals surface area contributed by atoms with Gasteiger partial charge in [0.05, 0.1) is 17.6 Å². The van der Waals surface area contributed by atoms with Gasteiger partial charge in [-0.3, -0.25) is 4.72 Å². The van der Waals surface area contributed by atoms with Crippen molar-refractivity contribution < 1.29 is 8.42 Å². The second kappa shape index (κ2) is 6.23. The first-order chi connectivity index (χ1) is 8.72. The van der Waals surface area contributed by atoms with Crippen molar-refractivity contribution in [2.24, 2.45) is 0 Å². The zero-order valence-electron chi connectivity index (χ0n) is 12.0. The Morgan fingerprint density at radius 1 is 1.26 bits per heavy atom. The number of sulfonamides is 1. The van der Waals surface area contributed by atoms with Gasteiger partial charge in [-0.2, -0.15) is 0 Å². The molecule has 1 aromatic rings. The van der Waals surface area contributed by atoms with E-state index in [1.165, 1.54) is 6.20 Å². The number of pyridine rings is 1. The van der Waals surface area contributed by atoms with Gasteiger partial charge in [-0.15, -0.1) is 0 Å². The molecule has 0 radical (unpaired) electrons. The highest BCUT2D eigenvalue weighted by atomic mass is 32.2. The molecular weight excluding hydrogens is 262 g/mol. The van der Waals surface area contributed by atoms with Crippen LogP contribution >= 0.6 is 0 Å². The highest BCUT2D eigenvalue weighted by Crippen LogP contribution is 2.15. The maximum Gasteiger partial charge on any atom is 0.232 e. The van der Waals surface area contributed by atoms with Gasteiger partial charge in [0.2, 0.25) is 10.0 Å². The fourth-order valence-corrected chi connectivity index (χ4v) is 2.73. The summed E-state index contributed by atoms with van der Waals surface area (Å²) in [6.45, 7) is 8.08. The van der Waals surface area contributed by atoms with Gasteiger partial charge in [-0.25, -0.2) is 13.4 Å². The zero-order valence-corrected chi connectivity index (χ0v) is 12.8. The molecule has 19 heavy (non-hydrogen) atoms. The number of hydrogen-bond donors (Lipinski definition) is 2. The van der Waals surface area contributed by atoms with Crippen molar-refractivity contribution in [3.05, 3.63) is 18.3 Å². The molecule has 0 atom stereocenters. The summed E-state index contributed by atoms with van der Waals surface area (Å²) < 4.78 is 26.0. The van der Waals surface area contributed by atoms with Crippen LogP contribution < -0.4 is 10.0 Å². The number of nitrogens with zero attached hydrogens (tertiary/aromatic N) is 1. The summed E-state index contributed by atoms with van der Waals surface area (Å²) in [5.74, 6) is 0.870. The number of anilines is 2. The van der Waals surface area contributed by atoms with Gasteiger partial charge in [-0.1, -0.05) is 13.3 Å². The number of unbranched alkanes of at least 4 members (excludes halogenated alkanes) is 1. The lowest BCUT2D eigenvalue weighted by Crippen LogP contribution is -2.26. The van der Waals surface area contributed by atoms with Gasteiger partial charge >= 0.3 is 0 Å². The predicted molar refractivity (Wildman–Crippen MR) is 79.9 cm³/mol. The molecule has 108 valence electrons. The highest BCUT2D eigenvalue weighted by Gasteiger charge is 2.12. The maximum atomic E-state index is 11.7. The van der Waals surface area contributed by atoms with Crippen molar-refractivity contribution in [2.75, 3.05) is 15.8 Å². The minimum atomic E-state index is -3.26. The van der Waals surface area contributed by atoms with Crippen LogP contribution in [0.15, 0.2) is 18.3 Å². The molecule has 0 spiro atoms. The highest BCUT2D eigenvalue weighted by molar-refractivity contribution is 7.92. The average molecular weight is 285 g/mol. The minimum absolute atomic E-state index is 0.0743. The van der Waals surface area contributed by atoms with E-state index in [0.717, 1.165) is 12.2 Å². The summed E-state index contributed by atoms with van der Waals surface area (Å²) in [6, 6.07) is 3.48. The van der Waals surface area contributed by atoms with E-state index in [4.69, 9.17) is 0 Å². The summed E-state index contributed by atoms with van der Waals surface area (Å²) >= 11 is 0. The molecular formula is C13H23N3O2S. The lowest BCUT2D eigenvalue weighted by molar-refractivity contribution is 0.597. The maximum absolute atomic E-state index is 11.7. The van der Waals surface area contributed by atoms with Crippen molar-refractivity contribution in [1.29, 1.82) is 0 Å². The third-order valence-corrected chi connectivity index (χ3v) is 3.68. The third kappa shape index (κ3) is 6.42. The van der Waals surface area contributed by atoms with Crippen LogP contribution in [0.5, 0.6) is 0 Å². The lowest BCUT2D eigenvalue weighted by atomic mass is 10.1. The van der Waals surface area contributed by atoms with Crippen LogP contribution in [0, 0.1) is 0 Å². The average Bonchev–Trinajstić information content (AvgIpc) is 2.27. The fraction of sp³-hybridized carbons (Fsp3) is 0.615. The normalized spacial score (nSPS) is 12.2. The van der Waals surface area contributed by atoms with E-state index in [2.05, 4.69) is 15.0 Å². The Balaban J connectivity index is 2.67. The lowest BCUT2D eigenvalue weighted by Gasteiger charge is -2.21. The molecule has 1 aromatic heterocycles. The topological polar surface area (TPSA) is 71.1 Å². The molecule has 6 heteroatoms. The minimum Gasteiger partial charge on any atom is -0.365 e. The summed E-state index contributed by atoms with van der Waals surface area (Å²) in [5, 5.41) is 3.22. The van der Waals surface area contributed by atoms with E-state index < -0.39 is 10.0 Å². The summed E-state index contributed by atoms with van der Waals surface area (Å²) in [6.07, 6.45) is 3.04. The van der Waals surface area contributed by atoms with Crippen LogP contribution in [0.2, 0.25) is 0 Å². The van der Waals surface area contributed by atoms with Gasteiger partial charge in [0.25, 0.3) is 0 Å². The summed E-state index contributed by atoms with van der Waals surface area (Å²) in [5.41, 5.74) is 0.422. The number of hydrogen-bond acceptors (Lipinski definition) is 4. The molecule has 0 fully saturated rings. The van der Waals surface area contributed by atoms with Gasteiger partial charge < -0.3 is 5.32 Å². The molecule has 0 unspecified atom stereocenters. The first kappa shape index (κ1) is 15.8. The molecule has 5 nitrogen and oxygen atoms in total. The van der Waals surface area contributed by atoms with Crippen LogP contribution in [0.4, 0.5) is 11.5 Å². The van der Waals surface area contributed by atoms with Gasteiger partial charge in [0.1, 0.15) is 5.82 Å². The summed E-state index contributed by atoms with van der Waals surface area (Å²) in [4.78, 5) is 4.19. The Labute approximate surface area is 115 Å². The van der Waals surface area contributed by atoms with Crippen molar-refractivity contribution in [3.63, 3.8) is 0 Å². The monoisotopic (exact) mass is 285 g/mol. The first-order valence-electron chi connectivity index (χ1n) is 6.46. The standard InChI is InChI=1S/C13H23N3O2S/c1-5-6-9-19(17,18)16-11-7-8-12(14-10-11)15-13(2,3)4/h7-8,10,16H,5-6,9H2,1-4H3,(H,14,15). The number of aromatic nitrogens is 1. The molecule has 0 saturated carbocycles. The van der Waals surface area contributed by atoms with E-state index in [0.29, 0.717) is 12.1 Å². The quantitative estimate of drug-likeness (QED) is 0.843. The van der Waals surface area contributed by atoms with Crippen molar-refractivity contribution in [2.45, 2.75) is 46.1 Å². The smallest absolute Gasteiger partial charge is 0.232 e. The van der Waals surface area contributed by atoms with Crippen LogP contribution in [-0.4, -0.2) is 24.7 Å². The Morgan fingerprint density at radius 3 is 2.42 bits per heavy atom. The Morgan fingerprint density at radius 2 is 1.95 bits per heavy atom. The number of nitrogens with one attached hydrogen (secondary N) is 2. The van der Waals surface area contributed by atoms with Crippen molar-refractivity contribution >= 4 is 21.5 Å². The first-order valence-corrected chi connectivity index (χ1v) is 8.12. The Hall–Kier alpha value is -1.30. The predicted octanol–water partition coefficient (Wildman–Crippen LogP) is 2.83. The van der Waals surface area contributed by atoms with Crippen molar-refractivity contribution in [3.8, 4) is 0 Å². The second-order valence-electron chi connectivity index (χ2n) is 5.58. The molecule has 0 amide bonds. The van der Waals surface area contributed by atoms with Crippen LogP contribution in [0.1, 0.15) is 40.5 Å². The molecule has 0 aromatic carbocycles. The number of rotatable bonds is 6.